The highest BCUT2D eigenvalue weighted by Crippen LogP contribution is 2.43. The Morgan fingerprint density at radius 3 is 2.51 bits per heavy atom. The van der Waals surface area contributed by atoms with Crippen LogP contribution in [0.1, 0.15) is 24.1 Å². The first-order valence-corrected chi connectivity index (χ1v) is 12.0. The van der Waals surface area contributed by atoms with E-state index in [4.69, 9.17) is 4.74 Å². The number of amides is 1. The molecule has 1 aliphatic rings. The lowest BCUT2D eigenvalue weighted by atomic mass is 9.96. The number of anilines is 1. The fourth-order valence-electron chi connectivity index (χ4n) is 4.08. The molecule has 4 aromatic rings. The van der Waals surface area contributed by atoms with Crippen LogP contribution in [-0.2, 0) is 9.59 Å². The summed E-state index contributed by atoms with van der Waals surface area (Å²) in [7, 11) is 0. The van der Waals surface area contributed by atoms with Crippen molar-refractivity contribution in [1.29, 1.82) is 0 Å². The lowest BCUT2D eigenvalue weighted by Gasteiger charge is -2.24. The molecular weight excluding hydrogens is 460 g/mol. The number of hydrogen-bond donors (Lipinski definition) is 1. The van der Waals surface area contributed by atoms with Crippen molar-refractivity contribution in [3.05, 3.63) is 107 Å². The van der Waals surface area contributed by atoms with Crippen molar-refractivity contribution in [1.82, 2.24) is 4.98 Å². The van der Waals surface area contributed by atoms with E-state index >= 15 is 0 Å². The monoisotopic (exact) mass is 482 g/mol. The molecule has 1 atom stereocenters. The van der Waals surface area contributed by atoms with Gasteiger partial charge in [0.25, 0.3) is 5.91 Å². The van der Waals surface area contributed by atoms with Crippen molar-refractivity contribution in [3.8, 4) is 5.75 Å². The van der Waals surface area contributed by atoms with Gasteiger partial charge in [0, 0.05) is 0 Å². The predicted molar refractivity (Wildman–Crippen MR) is 138 cm³/mol. The Balaban J connectivity index is 1.57. The van der Waals surface area contributed by atoms with Crippen molar-refractivity contribution in [2.24, 2.45) is 0 Å². The fraction of sp³-hybridized carbons (Fsp3) is 0.107. The zero-order valence-electron chi connectivity index (χ0n) is 18.9. The van der Waals surface area contributed by atoms with Gasteiger partial charge in [0.05, 0.1) is 28.4 Å². The molecule has 7 heteroatoms. The molecule has 2 heterocycles. The summed E-state index contributed by atoms with van der Waals surface area (Å²) >= 11 is 1.31. The van der Waals surface area contributed by atoms with Crippen molar-refractivity contribution in [2.45, 2.75) is 13.0 Å². The molecule has 1 aliphatic heterocycles. The summed E-state index contributed by atoms with van der Waals surface area (Å²) < 4.78 is 6.43. The first-order valence-electron chi connectivity index (χ1n) is 11.2. The molecule has 174 valence electrons. The van der Waals surface area contributed by atoms with Gasteiger partial charge in [-0.15, -0.1) is 0 Å². The van der Waals surface area contributed by atoms with Crippen molar-refractivity contribution < 1.29 is 19.4 Å². The number of ether oxygens (including phenoxy) is 1. The number of aliphatic hydroxyl groups excluding tert-OH is 1. The summed E-state index contributed by atoms with van der Waals surface area (Å²) in [5, 5.41) is 11.3. The molecule has 1 amide bonds. The van der Waals surface area contributed by atoms with Gasteiger partial charge in [-0.2, -0.15) is 0 Å². The maximum absolute atomic E-state index is 13.3. The van der Waals surface area contributed by atoms with E-state index in [0.717, 1.165) is 10.3 Å². The second kappa shape index (κ2) is 9.56. The molecule has 35 heavy (non-hydrogen) atoms. The van der Waals surface area contributed by atoms with E-state index in [1.807, 2.05) is 85.8 Å². The first-order chi connectivity index (χ1) is 17.1. The van der Waals surface area contributed by atoms with E-state index in [2.05, 4.69) is 4.98 Å². The van der Waals surface area contributed by atoms with Crippen molar-refractivity contribution in [3.63, 3.8) is 0 Å². The largest absolute Gasteiger partial charge is 0.503 e. The summed E-state index contributed by atoms with van der Waals surface area (Å²) in [6.45, 7) is 2.45. The van der Waals surface area contributed by atoms with Crippen molar-refractivity contribution >= 4 is 44.5 Å². The third-order valence-electron chi connectivity index (χ3n) is 5.68. The van der Waals surface area contributed by atoms with E-state index in [-0.39, 0.29) is 5.57 Å². The van der Waals surface area contributed by atoms with Crippen molar-refractivity contribution in [2.75, 3.05) is 11.5 Å². The van der Waals surface area contributed by atoms with E-state index in [1.165, 1.54) is 22.3 Å². The molecule has 0 saturated heterocycles. The van der Waals surface area contributed by atoms with Gasteiger partial charge < -0.3 is 9.84 Å². The summed E-state index contributed by atoms with van der Waals surface area (Å²) in [4.78, 5) is 32.7. The van der Waals surface area contributed by atoms with Crippen LogP contribution in [0.5, 0.6) is 5.75 Å². The summed E-state index contributed by atoms with van der Waals surface area (Å²) in [5.74, 6) is -0.934. The number of fused-ring (bicyclic) bond motifs is 1. The Morgan fingerprint density at radius 1 is 1.09 bits per heavy atom. The zero-order valence-corrected chi connectivity index (χ0v) is 19.7. The zero-order chi connectivity index (χ0) is 24.4. The minimum Gasteiger partial charge on any atom is -0.503 e. The third-order valence-corrected chi connectivity index (χ3v) is 6.70. The minimum absolute atomic E-state index is 0.0302. The topological polar surface area (TPSA) is 79.7 Å². The van der Waals surface area contributed by atoms with Gasteiger partial charge >= 0.3 is 0 Å². The number of allylic oxidation sites excluding steroid dienone is 1. The lowest BCUT2D eigenvalue weighted by molar-refractivity contribution is -0.117. The van der Waals surface area contributed by atoms with Gasteiger partial charge in [-0.1, -0.05) is 78.1 Å². The molecule has 1 aromatic heterocycles. The molecular formula is C28H22N2O4S. The molecule has 0 fully saturated rings. The predicted octanol–water partition coefficient (Wildman–Crippen LogP) is 5.88. The number of carbonyl (C=O) groups excluding carboxylic acids is 2. The number of ketones is 1. The molecule has 0 radical (unpaired) electrons. The number of rotatable bonds is 7. The van der Waals surface area contributed by atoms with Gasteiger partial charge in [-0.3, -0.25) is 14.5 Å². The van der Waals surface area contributed by atoms with Crippen LogP contribution in [0.2, 0.25) is 0 Å². The van der Waals surface area contributed by atoms with Gasteiger partial charge in [-0.25, -0.2) is 4.98 Å². The van der Waals surface area contributed by atoms with Gasteiger partial charge in [-0.05, 0) is 42.3 Å². The normalized spacial score (nSPS) is 16.0. The summed E-state index contributed by atoms with van der Waals surface area (Å²) in [6, 6.07) is 23.3. The summed E-state index contributed by atoms with van der Waals surface area (Å²) in [6.07, 6.45) is 3.06. The second-order valence-electron chi connectivity index (χ2n) is 7.92. The SMILES string of the molecule is CCOc1ccc2nc(N3C(=O)C(O)=C(C(=O)C=Cc4ccccc4)C3c3ccccc3)sc2c1. The maximum atomic E-state index is 13.3. The molecule has 0 bridgehead atoms. The van der Waals surface area contributed by atoms with Crippen LogP contribution in [0.15, 0.2) is 96.3 Å². The van der Waals surface area contributed by atoms with E-state index in [1.54, 1.807) is 6.08 Å². The molecule has 1 unspecified atom stereocenters. The molecule has 0 spiro atoms. The fourth-order valence-corrected chi connectivity index (χ4v) is 5.10. The highest BCUT2D eigenvalue weighted by molar-refractivity contribution is 7.22. The van der Waals surface area contributed by atoms with Gasteiger partial charge in [0.15, 0.2) is 16.7 Å². The number of aromatic nitrogens is 1. The molecule has 3 aromatic carbocycles. The Morgan fingerprint density at radius 2 is 1.80 bits per heavy atom. The number of carbonyl (C=O) groups is 2. The number of benzene rings is 3. The maximum Gasteiger partial charge on any atom is 0.296 e. The van der Waals surface area contributed by atoms with E-state index in [0.29, 0.717) is 28.6 Å². The quantitative estimate of drug-likeness (QED) is 0.333. The van der Waals surface area contributed by atoms with Crippen LogP contribution < -0.4 is 9.64 Å². The van der Waals surface area contributed by atoms with Gasteiger partial charge in [0.2, 0.25) is 0 Å². The average molecular weight is 483 g/mol. The first kappa shape index (κ1) is 22.6. The highest BCUT2D eigenvalue weighted by Gasteiger charge is 2.45. The van der Waals surface area contributed by atoms with Crippen LogP contribution in [0.25, 0.3) is 16.3 Å². The minimum atomic E-state index is -0.802. The Bertz CT molecular complexity index is 1460. The average Bonchev–Trinajstić information content (AvgIpc) is 3.42. The van der Waals surface area contributed by atoms with Crippen LogP contribution in [0.4, 0.5) is 5.13 Å². The smallest absolute Gasteiger partial charge is 0.296 e. The summed E-state index contributed by atoms with van der Waals surface area (Å²) in [5.41, 5.74) is 2.28. The van der Waals surface area contributed by atoms with Crippen LogP contribution in [0, 0.1) is 0 Å². The van der Waals surface area contributed by atoms with Crippen LogP contribution in [0.3, 0.4) is 0 Å². The molecule has 0 saturated carbocycles. The molecule has 1 N–H and O–H groups in total. The number of aliphatic hydroxyl groups is 1. The molecule has 0 aliphatic carbocycles. The van der Waals surface area contributed by atoms with E-state index in [9.17, 15) is 14.7 Å². The second-order valence-corrected chi connectivity index (χ2v) is 8.93. The standard InChI is InChI=1S/C28H22N2O4S/c1-2-34-20-14-15-21-23(17-20)35-28(29-21)30-25(19-11-7-4-8-12-19)24(26(32)27(30)33)22(31)16-13-18-9-5-3-6-10-18/h3-17,25,32H,2H2,1H3. The highest BCUT2D eigenvalue weighted by atomic mass is 32.1. The molecule has 6 nitrogen and oxygen atoms in total. The van der Waals surface area contributed by atoms with Crippen LogP contribution in [-0.4, -0.2) is 28.4 Å². The van der Waals surface area contributed by atoms with Gasteiger partial charge in [0.1, 0.15) is 5.75 Å². The lowest BCUT2D eigenvalue weighted by Crippen LogP contribution is -2.30. The number of nitrogens with zero attached hydrogens (tertiary/aromatic N) is 2. The Hall–Kier alpha value is -4.23. The Kier molecular flexibility index (Phi) is 6.16. The number of hydrogen-bond acceptors (Lipinski definition) is 6. The van der Waals surface area contributed by atoms with Crippen LogP contribution >= 0.6 is 11.3 Å². The Labute approximate surface area is 206 Å². The number of thiazole rings is 1. The van der Waals surface area contributed by atoms with E-state index < -0.39 is 23.5 Å². The molecule has 5 rings (SSSR count). The third kappa shape index (κ3) is 4.34.